The van der Waals surface area contributed by atoms with Gasteiger partial charge in [0.1, 0.15) is 17.4 Å². The number of benzene rings is 1. The number of fused-ring (bicyclic) bond motifs is 1. The normalized spacial score (nSPS) is 12.9. The Morgan fingerprint density at radius 2 is 2.19 bits per heavy atom. The highest BCUT2D eigenvalue weighted by Crippen LogP contribution is 2.36. The Hall–Kier alpha value is -1.10. The Morgan fingerprint density at radius 3 is 2.86 bits per heavy atom. The molecule has 1 atom stereocenters. The molecule has 1 unspecified atom stereocenters. The van der Waals surface area contributed by atoms with Gasteiger partial charge >= 0.3 is 0 Å². The summed E-state index contributed by atoms with van der Waals surface area (Å²) in [5.74, 6) is 0.982. The second-order valence-corrected chi connectivity index (χ2v) is 6.96. The van der Waals surface area contributed by atoms with E-state index < -0.39 is 0 Å². The van der Waals surface area contributed by atoms with Gasteiger partial charge in [0, 0.05) is 14.7 Å². The average Bonchev–Trinajstić information content (AvgIpc) is 3.07. The van der Waals surface area contributed by atoms with Crippen molar-refractivity contribution in [1.82, 2.24) is 5.32 Å². The zero-order valence-electron chi connectivity index (χ0n) is 12.2. The van der Waals surface area contributed by atoms with Gasteiger partial charge in [0.15, 0.2) is 0 Å². The first-order chi connectivity index (χ1) is 10.2. The third kappa shape index (κ3) is 2.93. The maximum absolute atomic E-state index is 6.16. The molecule has 0 aliphatic heterocycles. The average molecular weight is 364 g/mol. The van der Waals surface area contributed by atoms with E-state index >= 15 is 0 Å². The van der Waals surface area contributed by atoms with Gasteiger partial charge in [-0.15, -0.1) is 11.3 Å². The van der Waals surface area contributed by atoms with E-state index in [-0.39, 0.29) is 6.04 Å². The number of thiophene rings is 1. The lowest BCUT2D eigenvalue weighted by atomic mass is 10.1. The number of furan rings is 1. The van der Waals surface area contributed by atoms with Crippen LogP contribution in [0.3, 0.4) is 0 Å². The lowest BCUT2D eigenvalue weighted by Crippen LogP contribution is -2.22. The van der Waals surface area contributed by atoms with Crippen LogP contribution in [0.15, 0.2) is 44.6 Å². The Kier molecular flexibility index (Phi) is 4.48. The topological polar surface area (TPSA) is 25.2 Å². The van der Waals surface area contributed by atoms with Crippen molar-refractivity contribution in [2.24, 2.45) is 0 Å². The maximum atomic E-state index is 6.16. The number of para-hydroxylation sites is 1. The first-order valence-electron chi connectivity index (χ1n) is 7.16. The van der Waals surface area contributed by atoms with Crippen molar-refractivity contribution in [2.75, 3.05) is 6.54 Å². The summed E-state index contributed by atoms with van der Waals surface area (Å²) in [7, 11) is 0. The molecule has 0 saturated heterocycles. The molecular weight excluding hydrogens is 346 g/mol. The minimum absolute atomic E-state index is 0.103. The van der Waals surface area contributed by atoms with E-state index in [1.54, 1.807) is 11.3 Å². The fraction of sp³-hybridized carbons (Fsp3) is 0.294. The van der Waals surface area contributed by atoms with Gasteiger partial charge in [-0.05, 0) is 58.9 Å². The minimum atomic E-state index is 0.103. The number of halogens is 1. The van der Waals surface area contributed by atoms with Crippen LogP contribution in [0, 0.1) is 6.92 Å². The summed E-state index contributed by atoms with van der Waals surface area (Å²) in [5, 5.41) is 6.87. The van der Waals surface area contributed by atoms with Crippen LogP contribution in [0.25, 0.3) is 11.0 Å². The molecule has 1 aromatic carbocycles. The summed E-state index contributed by atoms with van der Waals surface area (Å²) in [4.78, 5) is 1.26. The van der Waals surface area contributed by atoms with Gasteiger partial charge in [-0.3, -0.25) is 0 Å². The van der Waals surface area contributed by atoms with Crippen LogP contribution in [0.2, 0.25) is 0 Å². The first kappa shape index (κ1) is 14.8. The smallest absolute Gasteiger partial charge is 0.137 e. The lowest BCUT2D eigenvalue weighted by Gasteiger charge is -2.15. The molecule has 0 spiro atoms. The predicted octanol–water partition coefficient (Wildman–Crippen LogP) is 5.65. The van der Waals surface area contributed by atoms with Crippen molar-refractivity contribution < 1.29 is 4.42 Å². The van der Waals surface area contributed by atoms with Gasteiger partial charge in [0.2, 0.25) is 0 Å². The van der Waals surface area contributed by atoms with E-state index in [0.717, 1.165) is 28.8 Å². The van der Waals surface area contributed by atoms with Crippen LogP contribution in [0.1, 0.15) is 35.6 Å². The highest BCUT2D eigenvalue weighted by atomic mass is 79.9. The van der Waals surface area contributed by atoms with Crippen molar-refractivity contribution in [3.63, 3.8) is 0 Å². The molecular formula is C17H18BrNOS. The fourth-order valence-electron chi connectivity index (χ4n) is 2.49. The van der Waals surface area contributed by atoms with E-state index in [2.05, 4.69) is 70.8 Å². The second kappa shape index (κ2) is 6.34. The van der Waals surface area contributed by atoms with E-state index in [1.807, 2.05) is 0 Å². The Balaban J connectivity index is 2.05. The molecule has 1 N–H and O–H groups in total. The number of aryl methyl sites for hydroxylation is 1. The molecule has 0 radical (unpaired) electrons. The van der Waals surface area contributed by atoms with E-state index in [1.165, 1.54) is 15.8 Å². The van der Waals surface area contributed by atoms with E-state index in [0.29, 0.717) is 0 Å². The molecule has 0 aliphatic carbocycles. The predicted molar refractivity (Wildman–Crippen MR) is 93.1 cm³/mol. The molecule has 4 heteroatoms. The van der Waals surface area contributed by atoms with Gasteiger partial charge in [0.25, 0.3) is 0 Å². The summed E-state index contributed by atoms with van der Waals surface area (Å²) < 4.78 is 7.30. The second-order valence-electron chi connectivity index (χ2n) is 5.16. The molecule has 0 aliphatic rings. The minimum Gasteiger partial charge on any atom is -0.459 e. The van der Waals surface area contributed by atoms with Crippen LogP contribution in [-0.2, 0) is 0 Å². The molecule has 0 saturated carbocycles. The van der Waals surface area contributed by atoms with Crippen molar-refractivity contribution in [3.8, 4) is 0 Å². The number of hydrogen-bond donors (Lipinski definition) is 1. The van der Waals surface area contributed by atoms with Gasteiger partial charge in [0.05, 0.1) is 0 Å². The highest BCUT2D eigenvalue weighted by molar-refractivity contribution is 9.10. The molecule has 2 aromatic heterocycles. The fourth-order valence-corrected chi connectivity index (χ4v) is 4.18. The van der Waals surface area contributed by atoms with Crippen molar-refractivity contribution in [1.29, 1.82) is 0 Å². The Bertz CT molecular complexity index is 746. The van der Waals surface area contributed by atoms with Crippen molar-refractivity contribution in [2.45, 2.75) is 26.3 Å². The van der Waals surface area contributed by atoms with E-state index in [9.17, 15) is 0 Å². The number of hydrogen-bond acceptors (Lipinski definition) is 3. The highest BCUT2D eigenvalue weighted by Gasteiger charge is 2.21. The molecule has 3 aromatic rings. The van der Waals surface area contributed by atoms with Crippen LogP contribution < -0.4 is 5.32 Å². The summed E-state index contributed by atoms with van der Waals surface area (Å²) in [6, 6.07) is 10.6. The molecule has 21 heavy (non-hydrogen) atoms. The van der Waals surface area contributed by atoms with Crippen LogP contribution in [-0.4, -0.2) is 6.54 Å². The van der Waals surface area contributed by atoms with Crippen LogP contribution >= 0.6 is 27.3 Å². The molecule has 0 bridgehead atoms. The van der Waals surface area contributed by atoms with Crippen LogP contribution in [0.4, 0.5) is 0 Å². The first-order valence-corrected chi connectivity index (χ1v) is 8.83. The van der Waals surface area contributed by atoms with Gasteiger partial charge in [-0.1, -0.05) is 25.1 Å². The summed E-state index contributed by atoms with van der Waals surface area (Å²) in [6.07, 6.45) is 1.10. The molecule has 3 rings (SSSR count). The standard InChI is InChI=1S/C17H18BrNOS/c1-3-8-19-15(17-13(18)7-9-21-17)14-10-12-6-4-5-11(2)16(12)20-14/h4-7,9-10,15,19H,3,8H2,1-2H3. The molecule has 2 nitrogen and oxygen atoms in total. The summed E-state index contributed by atoms with van der Waals surface area (Å²) in [6.45, 7) is 5.23. The Morgan fingerprint density at radius 1 is 1.33 bits per heavy atom. The molecule has 110 valence electrons. The molecule has 2 heterocycles. The third-order valence-electron chi connectivity index (χ3n) is 3.55. The van der Waals surface area contributed by atoms with Crippen molar-refractivity contribution >= 4 is 38.2 Å². The largest absolute Gasteiger partial charge is 0.459 e. The molecule has 0 amide bonds. The van der Waals surface area contributed by atoms with Gasteiger partial charge in [-0.2, -0.15) is 0 Å². The Labute approximate surface area is 137 Å². The maximum Gasteiger partial charge on any atom is 0.137 e. The van der Waals surface area contributed by atoms with Gasteiger partial charge < -0.3 is 9.73 Å². The summed E-state index contributed by atoms with van der Waals surface area (Å²) in [5.41, 5.74) is 2.17. The van der Waals surface area contributed by atoms with Gasteiger partial charge in [-0.25, -0.2) is 0 Å². The zero-order valence-corrected chi connectivity index (χ0v) is 14.6. The summed E-state index contributed by atoms with van der Waals surface area (Å²) >= 11 is 5.39. The number of rotatable bonds is 5. The van der Waals surface area contributed by atoms with Crippen LogP contribution in [0.5, 0.6) is 0 Å². The number of nitrogens with one attached hydrogen (secondary N) is 1. The third-order valence-corrected chi connectivity index (χ3v) is 5.49. The zero-order chi connectivity index (χ0) is 14.8. The monoisotopic (exact) mass is 363 g/mol. The lowest BCUT2D eigenvalue weighted by molar-refractivity contribution is 0.472. The quantitative estimate of drug-likeness (QED) is 0.632. The SMILES string of the molecule is CCCNC(c1cc2cccc(C)c2o1)c1sccc1Br. The van der Waals surface area contributed by atoms with Crippen molar-refractivity contribution in [3.05, 3.63) is 56.4 Å². The molecule has 0 fully saturated rings. The van der Waals surface area contributed by atoms with E-state index in [4.69, 9.17) is 4.42 Å².